The second-order valence-corrected chi connectivity index (χ2v) is 11.6. The number of rotatable bonds is 6. The van der Waals surface area contributed by atoms with Crippen LogP contribution >= 0.6 is 0 Å². The first-order chi connectivity index (χ1) is 16.8. The number of hydrogen-bond donors (Lipinski definition) is 1. The summed E-state index contributed by atoms with van der Waals surface area (Å²) in [7, 11) is -3.10. The van der Waals surface area contributed by atoms with Crippen molar-refractivity contribution < 1.29 is 17.9 Å². The number of ether oxygens (including phenoxy) is 1. The SMILES string of the molecule is Cc1ccc(-c2cc(C(=O)NCCN3CCOCC3)c3c(C)nn(C4CCS(=O)(=O)C4)c3n2)cc1. The first-order valence-electron chi connectivity index (χ1n) is 12.1. The van der Waals surface area contributed by atoms with Crippen LogP contribution < -0.4 is 5.32 Å². The van der Waals surface area contributed by atoms with E-state index in [0.29, 0.717) is 54.2 Å². The smallest absolute Gasteiger partial charge is 0.252 e. The fraction of sp³-hybridized carbons (Fsp3) is 0.480. The Balaban J connectivity index is 1.52. The molecule has 1 aromatic carbocycles. The maximum absolute atomic E-state index is 13.4. The minimum Gasteiger partial charge on any atom is -0.379 e. The van der Waals surface area contributed by atoms with Crippen molar-refractivity contribution in [2.45, 2.75) is 26.3 Å². The lowest BCUT2D eigenvalue weighted by Crippen LogP contribution is -2.41. The minimum atomic E-state index is -3.10. The molecule has 2 fully saturated rings. The molecule has 2 aliphatic heterocycles. The number of fused-ring (bicyclic) bond motifs is 1. The van der Waals surface area contributed by atoms with Crippen molar-refractivity contribution in [3.8, 4) is 11.3 Å². The number of sulfone groups is 1. The van der Waals surface area contributed by atoms with E-state index in [1.54, 1.807) is 4.68 Å². The highest BCUT2D eigenvalue weighted by atomic mass is 32.2. The van der Waals surface area contributed by atoms with E-state index in [-0.39, 0.29) is 23.5 Å². The average Bonchev–Trinajstić information content (AvgIpc) is 3.38. The summed E-state index contributed by atoms with van der Waals surface area (Å²) >= 11 is 0. The summed E-state index contributed by atoms with van der Waals surface area (Å²) < 4.78 is 31.4. The van der Waals surface area contributed by atoms with Gasteiger partial charge < -0.3 is 10.1 Å². The molecule has 2 aliphatic rings. The maximum Gasteiger partial charge on any atom is 0.252 e. The van der Waals surface area contributed by atoms with Gasteiger partial charge in [0.1, 0.15) is 0 Å². The number of hydrogen-bond acceptors (Lipinski definition) is 7. The van der Waals surface area contributed by atoms with Gasteiger partial charge in [0.15, 0.2) is 15.5 Å². The van der Waals surface area contributed by atoms with Gasteiger partial charge in [-0.2, -0.15) is 5.10 Å². The van der Waals surface area contributed by atoms with E-state index in [0.717, 1.165) is 30.8 Å². The molecule has 10 heteroatoms. The fourth-order valence-corrected chi connectivity index (χ4v) is 6.53. The number of pyridine rings is 1. The van der Waals surface area contributed by atoms with E-state index >= 15 is 0 Å². The van der Waals surface area contributed by atoms with Crippen LogP contribution in [0, 0.1) is 13.8 Å². The maximum atomic E-state index is 13.4. The number of morpholine rings is 1. The summed E-state index contributed by atoms with van der Waals surface area (Å²) in [6.45, 7) is 8.31. The molecule has 1 amide bonds. The Hall–Kier alpha value is -2.82. The standard InChI is InChI=1S/C25H31N5O4S/c1-17-3-5-19(6-4-17)22-15-21(25(31)26-8-9-29-10-12-34-13-11-29)23-18(2)28-30(24(23)27-22)20-7-14-35(32,33)16-20/h3-6,15,20H,7-14,16H2,1-2H3,(H,26,31). The first kappa shape index (κ1) is 23.9. The Morgan fingerprint density at radius 2 is 1.91 bits per heavy atom. The molecule has 0 aliphatic carbocycles. The van der Waals surface area contributed by atoms with Crippen LogP contribution in [0.1, 0.15) is 34.1 Å². The minimum absolute atomic E-state index is 0.0424. The van der Waals surface area contributed by atoms with Gasteiger partial charge in [0, 0.05) is 31.7 Å². The quantitative estimate of drug-likeness (QED) is 0.556. The van der Waals surface area contributed by atoms with Crippen LogP contribution in [0.15, 0.2) is 30.3 Å². The summed E-state index contributed by atoms with van der Waals surface area (Å²) in [5.41, 5.74) is 4.43. The topological polar surface area (TPSA) is 106 Å². The van der Waals surface area contributed by atoms with Crippen LogP contribution in [0.5, 0.6) is 0 Å². The molecule has 0 bridgehead atoms. The van der Waals surface area contributed by atoms with Crippen LogP contribution in [0.25, 0.3) is 22.3 Å². The van der Waals surface area contributed by atoms with Crippen molar-refractivity contribution in [1.29, 1.82) is 0 Å². The van der Waals surface area contributed by atoms with Gasteiger partial charge in [0.25, 0.3) is 5.91 Å². The molecule has 0 radical (unpaired) electrons. The largest absolute Gasteiger partial charge is 0.379 e. The van der Waals surface area contributed by atoms with Gasteiger partial charge >= 0.3 is 0 Å². The van der Waals surface area contributed by atoms with Crippen LogP contribution in [0.2, 0.25) is 0 Å². The van der Waals surface area contributed by atoms with Crippen LogP contribution in [0.4, 0.5) is 0 Å². The third-order valence-corrected chi connectivity index (χ3v) is 8.55. The molecule has 2 saturated heterocycles. The van der Waals surface area contributed by atoms with Gasteiger partial charge in [-0.1, -0.05) is 29.8 Å². The number of nitrogens with one attached hydrogen (secondary N) is 1. The Kier molecular flexibility index (Phi) is 6.61. The number of amides is 1. The van der Waals surface area contributed by atoms with E-state index in [2.05, 4.69) is 15.3 Å². The van der Waals surface area contributed by atoms with Gasteiger partial charge in [-0.15, -0.1) is 0 Å². The number of nitrogens with zero attached hydrogens (tertiary/aromatic N) is 4. The predicted molar refractivity (Wildman–Crippen MR) is 134 cm³/mol. The molecule has 0 saturated carbocycles. The molecule has 5 rings (SSSR count). The molecular formula is C25H31N5O4S. The van der Waals surface area contributed by atoms with Crippen LogP contribution in [-0.4, -0.2) is 84.9 Å². The molecule has 0 spiro atoms. The molecule has 3 aromatic rings. The van der Waals surface area contributed by atoms with Crippen molar-refractivity contribution in [1.82, 2.24) is 25.0 Å². The van der Waals surface area contributed by atoms with Crippen molar-refractivity contribution in [2.75, 3.05) is 50.9 Å². The lowest BCUT2D eigenvalue weighted by Gasteiger charge is -2.26. The summed E-state index contributed by atoms with van der Waals surface area (Å²) in [4.78, 5) is 20.6. The molecule has 9 nitrogen and oxygen atoms in total. The van der Waals surface area contributed by atoms with Gasteiger partial charge in [-0.05, 0) is 26.3 Å². The average molecular weight is 498 g/mol. The Morgan fingerprint density at radius 1 is 1.17 bits per heavy atom. The molecule has 35 heavy (non-hydrogen) atoms. The first-order valence-corrected chi connectivity index (χ1v) is 13.9. The zero-order chi connectivity index (χ0) is 24.6. The molecule has 1 atom stereocenters. The predicted octanol–water partition coefficient (Wildman–Crippen LogP) is 2.14. The van der Waals surface area contributed by atoms with Crippen LogP contribution in [0.3, 0.4) is 0 Å². The number of carbonyl (C=O) groups excluding carboxylic acids is 1. The van der Waals surface area contributed by atoms with Gasteiger partial charge in [-0.25, -0.2) is 18.1 Å². The highest BCUT2D eigenvalue weighted by molar-refractivity contribution is 7.91. The molecule has 4 heterocycles. The molecule has 186 valence electrons. The van der Waals surface area contributed by atoms with Crippen molar-refractivity contribution in [3.05, 3.63) is 47.2 Å². The second-order valence-electron chi connectivity index (χ2n) is 9.42. The molecule has 1 unspecified atom stereocenters. The second kappa shape index (κ2) is 9.67. The summed E-state index contributed by atoms with van der Waals surface area (Å²) in [5, 5.41) is 8.41. The normalized spacial score (nSPS) is 20.3. The number of aryl methyl sites for hydroxylation is 2. The van der Waals surface area contributed by atoms with Gasteiger partial charge in [0.05, 0.1) is 53.1 Å². The number of benzene rings is 1. The van der Waals surface area contributed by atoms with E-state index in [1.807, 2.05) is 44.2 Å². The third-order valence-electron chi connectivity index (χ3n) is 6.80. The summed E-state index contributed by atoms with van der Waals surface area (Å²) in [6, 6.07) is 9.52. The molecule has 2 aromatic heterocycles. The summed E-state index contributed by atoms with van der Waals surface area (Å²) in [6.07, 6.45) is 0.496. The lowest BCUT2D eigenvalue weighted by atomic mass is 10.0. The number of aromatic nitrogens is 3. The summed E-state index contributed by atoms with van der Waals surface area (Å²) in [5.74, 6) is 0.00596. The van der Waals surface area contributed by atoms with Crippen molar-refractivity contribution >= 4 is 26.8 Å². The number of carbonyl (C=O) groups is 1. The van der Waals surface area contributed by atoms with Crippen molar-refractivity contribution in [2.24, 2.45) is 0 Å². The Morgan fingerprint density at radius 3 is 2.60 bits per heavy atom. The third kappa shape index (κ3) is 5.10. The van der Waals surface area contributed by atoms with Gasteiger partial charge in [0.2, 0.25) is 0 Å². The molecular weight excluding hydrogens is 466 g/mol. The highest BCUT2D eigenvalue weighted by Crippen LogP contribution is 2.32. The fourth-order valence-electron chi connectivity index (χ4n) is 4.83. The van der Waals surface area contributed by atoms with Crippen molar-refractivity contribution in [3.63, 3.8) is 0 Å². The Bertz CT molecular complexity index is 1340. The highest BCUT2D eigenvalue weighted by Gasteiger charge is 2.32. The Labute approximate surface area is 205 Å². The molecule has 1 N–H and O–H groups in total. The van der Waals surface area contributed by atoms with E-state index < -0.39 is 9.84 Å². The zero-order valence-electron chi connectivity index (χ0n) is 20.2. The van der Waals surface area contributed by atoms with Gasteiger partial charge in [-0.3, -0.25) is 9.69 Å². The van der Waals surface area contributed by atoms with Crippen LogP contribution in [-0.2, 0) is 14.6 Å². The van der Waals surface area contributed by atoms with E-state index in [9.17, 15) is 13.2 Å². The monoisotopic (exact) mass is 497 g/mol. The zero-order valence-corrected chi connectivity index (χ0v) is 21.0. The lowest BCUT2D eigenvalue weighted by molar-refractivity contribution is 0.0383. The van der Waals surface area contributed by atoms with E-state index in [4.69, 9.17) is 9.72 Å². The van der Waals surface area contributed by atoms with E-state index in [1.165, 1.54) is 0 Å².